The van der Waals surface area contributed by atoms with Gasteiger partial charge in [-0.05, 0) is 26.7 Å². The Morgan fingerprint density at radius 1 is 1.32 bits per heavy atom. The highest BCUT2D eigenvalue weighted by molar-refractivity contribution is 6.78. The molecule has 8 heteroatoms. The van der Waals surface area contributed by atoms with Crippen molar-refractivity contribution in [3.05, 3.63) is 0 Å². The van der Waals surface area contributed by atoms with E-state index < -0.39 is 25.8 Å². The van der Waals surface area contributed by atoms with E-state index in [1.54, 1.807) is 0 Å². The minimum atomic E-state index is -5.00. The van der Waals surface area contributed by atoms with Crippen LogP contribution < -0.4 is 0 Å². The van der Waals surface area contributed by atoms with Crippen LogP contribution in [0.15, 0.2) is 0 Å². The molecule has 0 aliphatic carbocycles. The van der Waals surface area contributed by atoms with Gasteiger partial charge in [-0.1, -0.05) is 19.6 Å². The van der Waals surface area contributed by atoms with Crippen molar-refractivity contribution in [1.29, 1.82) is 0 Å². The van der Waals surface area contributed by atoms with E-state index in [0.717, 1.165) is 0 Å². The topological polar surface area (TPSA) is 52.6 Å². The zero-order chi connectivity index (χ0) is 17.3. The normalized spacial score (nSPS) is 23.4. The van der Waals surface area contributed by atoms with Gasteiger partial charge in [-0.15, -0.1) is 0 Å². The van der Waals surface area contributed by atoms with Crippen LogP contribution in [0.3, 0.4) is 0 Å². The van der Waals surface area contributed by atoms with Crippen LogP contribution in [-0.4, -0.2) is 37.9 Å². The summed E-state index contributed by atoms with van der Waals surface area (Å²) in [4.78, 5) is 22.4. The Morgan fingerprint density at radius 2 is 1.86 bits per heavy atom. The summed E-state index contributed by atoms with van der Waals surface area (Å²) in [6, 6.07) is 0. The molecular weight excluding hydrogens is 317 g/mol. The lowest BCUT2D eigenvalue weighted by Crippen LogP contribution is -2.38. The summed E-state index contributed by atoms with van der Waals surface area (Å²) in [5.74, 6) is -2.45. The Hall–Kier alpha value is -1.05. The Morgan fingerprint density at radius 3 is 2.32 bits per heavy atom. The minimum absolute atomic E-state index is 0.133. The lowest BCUT2D eigenvalue weighted by atomic mass is 9.98. The van der Waals surface area contributed by atoms with Crippen molar-refractivity contribution >= 4 is 20.0 Å². The Bertz CT molecular complexity index is 440. The van der Waals surface area contributed by atoms with Gasteiger partial charge in [-0.2, -0.15) is 13.2 Å². The van der Waals surface area contributed by atoms with Crippen LogP contribution in [-0.2, 0) is 19.1 Å². The van der Waals surface area contributed by atoms with E-state index >= 15 is 0 Å². The Kier molecular flexibility index (Phi) is 5.36. The lowest BCUT2D eigenvalue weighted by molar-refractivity contribution is -0.212. The van der Waals surface area contributed by atoms with Gasteiger partial charge in [0.15, 0.2) is 0 Å². The van der Waals surface area contributed by atoms with Gasteiger partial charge in [-0.25, -0.2) is 4.79 Å². The first-order chi connectivity index (χ1) is 9.72. The molecule has 2 atom stereocenters. The monoisotopic (exact) mass is 340 g/mol. The maximum absolute atomic E-state index is 12.3. The van der Waals surface area contributed by atoms with Crippen molar-refractivity contribution in [2.45, 2.75) is 76.2 Å². The molecule has 0 amide bonds. The number of hydrogen-bond donors (Lipinski definition) is 0. The second-order valence-corrected chi connectivity index (χ2v) is 12.9. The van der Waals surface area contributed by atoms with Crippen molar-refractivity contribution in [1.82, 2.24) is 0 Å². The molecule has 1 aliphatic heterocycles. The van der Waals surface area contributed by atoms with Gasteiger partial charge >= 0.3 is 18.1 Å². The van der Waals surface area contributed by atoms with Gasteiger partial charge in [0.1, 0.15) is 11.7 Å². The molecular formula is C14H23F3O4Si. The summed E-state index contributed by atoms with van der Waals surface area (Å²) in [5.41, 5.74) is -1.12. The minimum Gasteiger partial charge on any atom is -0.462 e. The number of cyclic esters (lactones) is 1. The third kappa shape index (κ3) is 5.30. The third-order valence-electron chi connectivity index (χ3n) is 3.86. The molecule has 0 saturated carbocycles. The Labute approximate surface area is 129 Å². The molecule has 2 unspecified atom stereocenters. The van der Waals surface area contributed by atoms with Gasteiger partial charge in [-0.3, -0.25) is 4.79 Å². The molecule has 0 radical (unpaired) electrons. The molecule has 0 N–H and O–H groups in total. The first-order valence-corrected chi connectivity index (χ1v) is 10.8. The third-order valence-corrected chi connectivity index (χ3v) is 6.66. The largest absolute Gasteiger partial charge is 0.490 e. The molecule has 0 aromatic rings. The smallest absolute Gasteiger partial charge is 0.462 e. The van der Waals surface area contributed by atoms with E-state index in [9.17, 15) is 22.8 Å². The average Bonchev–Trinajstić information content (AvgIpc) is 2.66. The summed E-state index contributed by atoms with van der Waals surface area (Å²) >= 11 is 0. The van der Waals surface area contributed by atoms with Crippen molar-refractivity contribution in [3.8, 4) is 0 Å². The van der Waals surface area contributed by atoms with E-state index in [2.05, 4.69) is 24.4 Å². The number of carbonyl (C=O) groups is 2. The van der Waals surface area contributed by atoms with E-state index in [4.69, 9.17) is 4.74 Å². The molecule has 0 bridgehead atoms. The molecule has 0 spiro atoms. The van der Waals surface area contributed by atoms with Crippen molar-refractivity contribution in [2.75, 3.05) is 0 Å². The molecule has 1 saturated heterocycles. The van der Waals surface area contributed by atoms with Gasteiger partial charge in [0.2, 0.25) is 0 Å². The fourth-order valence-corrected chi connectivity index (χ4v) is 4.71. The van der Waals surface area contributed by atoms with Crippen LogP contribution in [0.1, 0.15) is 33.1 Å². The summed E-state index contributed by atoms with van der Waals surface area (Å²) in [5, 5.41) is 0. The summed E-state index contributed by atoms with van der Waals surface area (Å²) in [7, 11) is -1.62. The highest BCUT2D eigenvalue weighted by Crippen LogP contribution is 2.39. The van der Waals surface area contributed by atoms with E-state index in [0.29, 0.717) is 12.8 Å². The molecule has 1 rings (SSSR count). The number of rotatable bonds is 5. The van der Waals surface area contributed by atoms with Gasteiger partial charge < -0.3 is 9.47 Å². The van der Waals surface area contributed by atoms with Crippen LogP contribution in [0, 0.1) is 0 Å². The zero-order valence-corrected chi connectivity index (χ0v) is 14.5. The van der Waals surface area contributed by atoms with Crippen molar-refractivity contribution < 1.29 is 32.2 Å². The van der Waals surface area contributed by atoms with Gasteiger partial charge in [0.25, 0.3) is 0 Å². The molecule has 0 aromatic carbocycles. The van der Waals surface area contributed by atoms with Crippen LogP contribution in [0.2, 0.25) is 25.2 Å². The number of esters is 2. The second kappa shape index (κ2) is 6.21. The van der Waals surface area contributed by atoms with Gasteiger partial charge in [0, 0.05) is 12.0 Å². The van der Waals surface area contributed by atoms with E-state index in [1.807, 2.05) is 0 Å². The lowest BCUT2D eigenvalue weighted by Gasteiger charge is -2.31. The molecule has 4 nitrogen and oxygen atoms in total. The maximum atomic E-state index is 12.3. The predicted molar refractivity (Wildman–Crippen MR) is 77.1 cm³/mol. The van der Waals surface area contributed by atoms with E-state index in [-0.39, 0.29) is 24.0 Å². The predicted octanol–water partition coefficient (Wildman–Crippen LogP) is 3.67. The fourth-order valence-electron chi connectivity index (χ4n) is 2.58. The molecule has 0 aromatic heterocycles. The summed E-state index contributed by atoms with van der Waals surface area (Å²) in [6.45, 7) is 9.23. The number of ether oxygens (including phenoxy) is 2. The van der Waals surface area contributed by atoms with E-state index in [1.165, 1.54) is 13.8 Å². The highest BCUT2D eigenvalue weighted by Gasteiger charge is 2.46. The van der Waals surface area contributed by atoms with Gasteiger partial charge in [0.05, 0.1) is 8.07 Å². The standard InChI is InChI=1S/C14H23F3O4Si/c1-13(2,21-12(19)14(15,16)17)7-6-9-10(22(3,4)5)8-11(18)20-9/h9-10H,6-8H2,1-5H3. The van der Waals surface area contributed by atoms with Crippen LogP contribution in [0.5, 0.6) is 0 Å². The second-order valence-electron chi connectivity index (χ2n) is 7.39. The zero-order valence-electron chi connectivity index (χ0n) is 13.5. The highest BCUT2D eigenvalue weighted by atomic mass is 28.3. The van der Waals surface area contributed by atoms with Crippen molar-refractivity contribution in [3.63, 3.8) is 0 Å². The molecule has 1 aliphatic rings. The first-order valence-electron chi connectivity index (χ1n) is 7.22. The quantitative estimate of drug-likeness (QED) is 0.566. The van der Waals surface area contributed by atoms with Crippen LogP contribution >= 0.6 is 0 Å². The van der Waals surface area contributed by atoms with Crippen molar-refractivity contribution in [2.24, 2.45) is 0 Å². The number of alkyl halides is 3. The molecule has 1 heterocycles. The average molecular weight is 340 g/mol. The first kappa shape index (κ1) is 19.0. The fraction of sp³-hybridized carbons (Fsp3) is 0.857. The number of halogens is 3. The summed E-state index contributed by atoms with van der Waals surface area (Å²) < 4.78 is 46.6. The van der Waals surface area contributed by atoms with Crippen LogP contribution in [0.25, 0.3) is 0 Å². The Balaban J connectivity index is 2.64. The number of carbonyl (C=O) groups excluding carboxylic acids is 2. The molecule has 1 fully saturated rings. The number of hydrogen-bond acceptors (Lipinski definition) is 4. The summed E-state index contributed by atoms with van der Waals surface area (Å²) in [6.07, 6.45) is -4.35. The van der Waals surface area contributed by atoms with Crippen LogP contribution in [0.4, 0.5) is 13.2 Å². The maximum Gasteiger partial charge on any atom is 0.490 e. The molecule has 22 heavy (non-hydrogen) atoms. The SMILES string of the molecule is CC(C)(CCC1OC(=O)CC1[Si](C)(C)C)OC(=O)C(F)(F)F. The molecule has 128 valence electrons.